The normalized spacial score (nSPS) is 10.6. The summed E-state index contributed by atoms with van der Waals surface area (Å²) < 4.78 is 6.51. The number of nitrogen functional groups attached to an aromatic ring is 1. The van der Waals surface area contributed by atoms with Crippen LogP contribution in [0.3, 0.4) is 0 Å². The van der Waals surface area contributed by atoms with E-state index in [0.29, 0.717) is 5.82 Å². The molecule has 0 aliphatic heterocycles. The molecule has 4 nitrogen and oxygen atoms in total. The van der Waals surface area contributed by atoms with Crippen molar-refractivity contribution in [2.45, 2.75) is 13.8 Å². The number of methoxy groups -OCH3 is 1. The number of H-pyrrole nitrogens is 1. The van der Waals surface area contributed by atoms with E-state index in [2.05, 4.69) is 26.1 Å². The van der Waals surface area contributed by atoms with Crippen molar-refractivity contribution in [2.75, 3.05) is 12.8 Å². The fraction of sp³-hybridized carbons (Fsp3) is 0.250. The number of nitrogens with one attached hydrogen (secondary N) is 1. The lowest BCUT2D eigenvalue weighted by Crippen LogP contribution is -1.97. The number of halogens is 1. The molecule has 1 aromatic carbocycles. The first-order valence-corrected chi connectivity index (χ1v) is 5.98. The summed E-state index contributed by atoms with van der Waals surface area (Å²) in [5.74, 6) is 1.38. The molecule has 0 bridgehead atoms. The van der Waals surface area contributed by atoms with E-state index in [1.54, 1.807) is 13.3 Å². The van der Waals surface area contributed by atoms with E-state index >= 15 is 0 Å². The number of rotatable bonds is 2. The minimum atomic E-state index is 0.545. The highest BCUT2D eigenvalue weighted by atomic mass is 79.9. The summed E-state index contributed by atoms with van der Waals surface area (Å²) in [5, 5.41) is 6.69. The van der Waals surface area contributed by atoms with Gasteiger partial charge in [-0.25, -0.2) is 0 Å². The number of benzene rings is 1. The smallest absolute Gasteiger partial charge is 0.130 e. The van der Waals surface area contributed by atoms with Gasteiger partial charge in [0.25, 0.3) is 0 Å². The summed E-state index contributed by atoms with van der Waals surface area (Å²) in [6, 6.07) is 2.04. The molecule has 2 rings (SSSR count). The van der Waals surface area contributed by atoms with Crippen LogP contribution in [0.25, 0.3) is 11.1 Å². The molecule has 0 spiro atoms. The second kappa shape index (κ2) is 4.41. The molecule has 5 heteroatoms. The number of anilines is 1. The summed E-state index contributed by atoms with van der Waals surface area (Å²) in [6.45, 7) is 4.02. The highest BCUT2D eigenvalue weighted by molar-refractivity contribution is 9.10. The maximum Gasteiger partial charge on any atom is 0.130 e. The zero-order valence-electron chi connectivity index (χ0n) is 9.97. The minimum Gasteiger partial charge on any atom is -0.496 e. The van der Waals surface area contributed by atoms with E-state index < -0.39 is 0 Å². The van der Waals surface area contributed by atoms with Gasteiger partial charge in [0.2, 0.25) is 0 Å². The van der Waals surface area contributed by atoms with Gasteiger partial charge in [0, 0.05) is 15.6 Å². The van der Waals surface area contributed by atoms with Crippen LogP contribution >= 0.6 is 15.9 Å². The van der Waals surface area contributed by atoms with Crippen LogP contribution in [0.4, 0.5) is 5.82 Å². The Morgan fingerprint density at radius 3 is 2.65 bits per heavy atom. The quantitative estimate of drug-likeness (QED) is 0.895. The van der Waals surface area contributed by atoms with Gasteiger partial charge in [-0.05, 0) is 31.0 Å². The van der Waals surface area contributed by atoms with Gasteiger partial charge in [-0.2, -0.15) is 5.10 Å². The maximum absolute atomic E-state index is 5.88. The van der Waals surface area contributed by atoms with Gasteiger partial charge in [0.1, 0.15) is 11.6 Å². The number of nitrogens with two attached hydrogens (primary N) is 1. The van der Waals surface area contributed by atoms with Crippen molar-refractivity contribution < 1.29 is 4.74 Å². The fourth-order valence-corrected chi connectivity index (χ4v) is 2.48. The third-order valence-corrected chi connectivity index (χ3v) is 3.63. The molecule has 0 saturated heterocycles. The van der Waals surface area contributed by atoms with E-state index in [4.69, 9.17) is 10.5 Å². The second-order valence-corrected chi connectivity index (χ2v) is 4.76. The molecular weight excluding hydrogens is 282 g/mol. The topological polar surface area (TPSA) is 63.9 Å². The molecule has 90 valence electrons. The monoisotopic (exact) mass is 295 g/mol. The van der Waals surface area contributed by atoms with Crippen LogP contribution in [-0.2, 0) is 0 Å². The predicted octanol–water partition coefficient (Wildman–Crippen LogP) is 3.05. The van der Waals surface area contributed by atoms with Crippen molar-refractivity contribution in [2.24, 2.45) is 0 Å². The Hall–Kier alpha value is -1.49. The molecule has 0 saturated carbocycles. The Morgan fingerprint density at radius 1 is 1.41 bits per heavy atom. The van der Waals surface area contributed by atoms with Gasteiger partial charge in [0.15, 0.2) is 0 Å². The number of nitrogens with zero attached hydrogens (tertiary/aromatic N) is 1. The van der Waals surface area contributed by atoms with Crippen LogP contribution in [0.15, 0.2) is 16.7 Å². The van der Waals surface area contributed by atoms with Gasteiger partial charge in [-0.3, -0.25) is 5.10 Å². The lowest BCUT2D eigenvalue weighted by molar-refractivity contribution is 0.413. The second-order valence-electron chi connectivity index (χ2n) is 3.91. The van der Waals surface area contributed by atoms with Crippen LogP contribution in [0.1, 0.15) is 11.1 Å². The van der Waals surface area contributed by atoms with Gasteiger partial charge in [-0.1, -0.05) is 15.9 Å². The summed E-state index contributed by atoms with van der Waals surface area (Å²) in [7, 11) is 1.66. The number of hydrogen-bond acceptors (Lipinski definition) is 3. The maximum atomic E-state index is 5.88. The van der Waals surface area contributed by atoms with Crippen LogP contribution < -0.4 is 10.5 Å². The van der Waals surface area contributed by atoms with Gasteiger partial charge >= 0.3 is 0 Å². The summed E-state index contributed by atoms with van der Waals surface area (Å²) in [5.41, 5.74) is 9.86. The minimum absolute atomic E-state index is 0.545. The molecule has 0 fully saturated rings. The molecule has 0 aliphatic rings. The van der Waals surface area contributed by atoms with Gasteiger partial charge < -0.3 is 10.5 Å². The summed E-state index contributed by atoms with van der Waals surface area (Å²) >= 11 is 3.54. The Kier molecular flexibility index (Phi) is 3.11. The first-order valence-electron chi connectivity index (χ1n) is 5.19. The van der Waals surface area contributed by atoms with Gasteiger partial charge in [-0.15, -0.1) is 0 Å². The zero-order chi connectivity index (χ0) is 12.6. The van der Waals surface area contributed by atoms with E-state index in [1.165, 1.54) is 0 Å². The Balaban J connectivity index is 2.80. The molecular formula is C12H14BrN3O. The van der Waals surface area contributed by atoms with Crippen LogP contribution in [0.2, 0.25) is 0 Å². The highest BCUT2D eigenvalue weighted by Crippen LogP contribution is 2.41. The van der Waals surface area contributed by atoms with Crippen molar-refractivity contribution >= 4 is 21.7 Å². The zero-order valence-corrected chi connectivity index (χ0v) is 11.6. The highest BCUT2D eigenvalue weighted by Gasteiger charge is 2.17. The van der Waals surface area contributed by atoms with E-state index in [1.807, 2.05) is 19.9 Å². The van der Waals surface area contributed by atoms with Gasteiger partial charge in [0.05, 0.1) is 13.3 Å². The molecule has 0 atom stereocenters. The van der Waals surface area contributed by atoms with Crippen LogP contribution in [0, 0.1) is 13.8 Å². The van der Waals surface area contributed by atoms with E-state index in [-0.39, 0.29) is 0 Å². The summed E-state index contributed by atoms with van der Waals surface area (Å²) in [6.07, 6.45) is 1.71. The lowest BCUT2D eigenvalue weighted by atomic mass is 9.98. The van der Waals surface area contributed by atoms with Crippen LogP contribution in [-0.4, -0.2) is 17.3 Å². The predicted molar refractivity (Wildman–Crippen MR) is 72.2 cm³/mol. The van der Waals surface area contributed by atoms with Crippen molar-refractivity contribution in [3.8, 4) is 16.9 Å². The Morgan fingerprint density at radius 2 is 2.12 bits per heavy atom. The molecule has 2 aromatic rings. The molecule has 1 aromatic heterocycles. The first kappa shape index (κ1) is 12.0. The largest absolute Gasteiger partial charge is 0.496 e. The van der Waals surface area contributed by atoms with E-state index in [9.17, 15) is 0 Å². The number of ether oxygens (including phenoxy) is 1. The average Bonchev–Trinajstić information content (AvgIpc) is 2.69. The van der Waals surface area contributed by atoms with Crippen molar-refractivity contribution in [3.63, 3.8) is 0 Å². The SMILES string of the molecule is COc1c(C)cc(Br)c(C)c1-c1cn[nH]c1N. The number of aromatic nitrogens is 2. The lowest BCUT2D eigenvalue weighted by Gasteiger charge is -2.15. The molecule has 0 unspecified atom stereocenters. The number of hydrogen-bond donors (Lipinski definition) is 2. The third-order valence-electron chi connectivity index (χ3n) is 2.80. The first-order chi connectivity index (χ1) is 8.06. The fourth-order valence-electron chi connectivity index (χ4n) is 1.93. The molecule has 0 amide bonds. The van der Waals surface area contributed by atoms with Crippen molar-refractivity contribution in [3.05, 3.63) is 27.9 Å². The molecule has 3 N–H and O–H groups in total. The van der Waals surface area contributed by atoms with Crippen molar-refractivity contribution in [1.82, 2.24) is 10.2 Å². The molecule has 0 radical (unpaired) electrons. The molecule has 1 heterocycles. The average molecular weight is 296 g/mol. The Labute approximate surface area is 108 Å². The molecule has 17 heavy (non-hydrogen) atoms. The number of aromatic amines is 1. The van der Waals surface area contributed by atoms with Crippen molar-refractivity contribution in [1.29, 1.82) is 0 Å². The van der Waals surface area contributed by atoms with E-state index in [0.717, 1.165) is 32.5 Å². The third kappa shape index (κ3) is 1.91. The number of aryl methyl sites for hydroxylation is 1. The Bertz CT molecular complexity index is 563. The summed E-state index contributed by atoms with van der Waals surface area (Å²) in [4.78, 5) is 0. The van der Waals surface area contributed by atoms with Crippen LogP contribution in [0.5, 0.6) is 5.75 Å². The standard InChI is InChI=1S/C12H14BrN3O/c1-6-4-9(13)7(2)10(11(6)17-3)8-5-15-16-12(8)14/h4-5H,1-3H3,(H3,14,15,16). The molecule has 0 aliphatic carbocycles.